The van der Waals surface area contributed by atoms with Crippen LogP contribution in [0.3, 0.4) is 0 Å². The minimum Gasteiger partial charge on any atom is -0.510 e. The van der Waals surface area contributed by atoms with Gasteiger partial charge in [-0.25, -0.2) is 0 Å². The third-order valence-electron chi connectivity index (χ3n) is 9.27. The average Bonchev–Trinajstić information content (AvgIpc) is 3.27. The third-order valence-corrected chi connectivity index (χ3v) is 9.27. The topological polar surface area (TPSA) is 142 Å². The molecule has 0 radical (unpaired) electrons. The van der Waals surface area contributed by atoms with Crippen LogP contribution in [-0.2, 0) is 29.1 Å². The number of carbonyl (C=O) groups excluding carboxylic acids is 3. The lowest BCUT2D eigenvalue weighted by Crippen LogP contribution is -2.63. The lowest BCUT2D eigenvalue weighted by Gasteiger charge is -2.50. The molecule has 10 nitrogen and oxygen atoms in total. The van der Waals surface area contributed by atoms with Gasteiger partial charge in [0.25, 0.3) is 0 Å². The number of allylic oxidation sites excluding steroid dienone is 1. The van der Waals surface area contributed by atoms with Crippen molar-refractivity contribution in [1.29, 1.82) is 0 Å². The van der Waals surface area contributed by atoms with Crippen LogP contribution >= 0.6 is 0 Å². The number of likely N-dealkylation sites (N-methyl/N-ethyl adjacent to an activating group) is 1. The maximum absolute atomic E-state index is 14.2. The van der Waals surface area contributed by atoms with Crippen LogP contribution in [0.1, 0.15) is 61.2 Å². The molecule has 4 aliphatic rings. The highest BCUT2D eigenvalue weighted by Crippen LogP contribution is 2.55. The van der Waals surface area contributed by atoms with Crippen LogP contribution in [0.4, 0.5) is 5.69 Å². The smallest absolute Gasteiger partial charge is 0.209 e. The number of benzene rings is 1. The number of hydrogen-bond donors (Lipinski definition) is 4. The Labute approximate surface area is 234 Å². The summed E-state index contributed by atoms with van der Waals surface area (Å²) in [6, 6.07) is -0.941. The zero-order valence-corrected chi connectivity index (χ0v) is 24.4. The Kier molecular flexibility index (Phi) is 6.30. The van der Waals surface area contributed by atoms with E-state index in [4.69, 9.17) is 0 Å². The van der Waals surface area contributed by atoms with Gasteiger partial charge in [-0.15, -0.1) is 0 Å². The van der Waals surface area contributed by atoms with Crippen LogP contribution in [-0.4, -0.2) is 92.9 Å². The molecule has 216 valence electrons. The van der Waals surface area contributed by atoms with Crippen LogP contribution < -0.4 is 4.90 Å². The number of carbonyl (C=O) groups is 3. The number of ketones is 3. The molecule has 0 amide bonds. The largest absolute Gasteiger partial charge is 0.510 e. The first-order chi connectivity index (χ1) is 18.4. The number of aliphatic hydroxyl groups is 3. The zero-order chi connectivity index (χ0) is 29.8. The van der Waals surface area contributed by atoms with Gasteiger partial charge in [-0.05, 0) is 71.7 Å². The van der Waals surface area contributed by atoms with Crippen molar-refractivity contribution in [1.82, 2.24) is 9.80 Å². The number of hydrogen-bond acceptors (Lipinski definition) is 10. The normalized spacial score (nSPS) is 28.5. The fourth-order valence-corrected chi connectivity index (χ4v) is 7.37. The maximum Gasteiger partial charge on any atom is 0.209 e. The summed E-state index contributed by atoms with van der Waals surface area (Å²) >= 11 is 0. The molecule has 0 saturated carbocycles. The number of aliphatic hydroxyl groups excluding tert-OH is 2. The van der Waals surface area contributed by atoms with Gasteiger partial charge in [0.2, 0.25) is 5.78 Å². The molecule has 4 N–H and O–H groups in total. The summed E-state index contributed by atoms with van der Waals surface area (Å²) < 4.78 is 0. The SMILES string of the molecule is CC(=O)C1=C(O)[C@@H](N(C)C)[C@@H]2C[C@@H]3Cc4c(c(O)c5c(c4N(C)C)CN(C(C)(C)C)C5)C(=O)C3=C(O)[C@]2(O)C1=O. The van der Waals surface area contributed by atoms with E-state index in [0.29, 0.717) is 24.2 Å². The molecule has 0 spiro atoms. The number of fused-ring (bicyclic) bond motifs is 4. The molecule has 0 bridgehead atoms. The summed E-state index contributed by atoms with van der Waals surface area (Å²) in [5.41, 5.74) is -0.232. The van der Waals surface area contributed by atoms with E-state index in [1.807, 2.05) is 19.0 Å². The second-order valence-corrected chi connectivity index (χ2v) is 13.1. The summed E-state index contributed by atoms with van der Waals surface area (Å²) in [6.45, 7) is 8.43. The molecule has 1 aliphatic heterocycles. The van der Waals surface area contributed by atoms with Crippen molar-refractivity contribution in [2.45, 2.75) is 70.8 Å². The molecule has 4 atom stereocenters. The minimum absolute atomic E-state index is 0.0793. The molecule has 0 saturated heterocycles. The Bertz CT molecular complexity index is 1430. The van der Waals surface area contributed by atoms with Gasteiger partial charge in [0.05, 0.1) is 11.6 Å². The molecule has 0 aromatic heterocycles. The molecule has 1 heterocycles. The highest BCUT2D eigenvalue weighted by atomic mass is 16.3. The number of phenols is 1. The minimum atomic E-state index is -2.57. The Balaban J connectivity index is 1.74. The van der Waals surface area contributed by atoms with Crippen molar-refractivity contribution >= 4 is 23.0 Å². The van der Waals surface area contributed by atoms with Gasteiger partial charge >= 0.3 is 0 Å². The second kappa shape index (κ2) is 8.89. The first-order valence-electron chi connectivity index (χ1n) is 13.6. The Morgan fingerprint density at radius 3 is 2.12 bits per heavy atom. The van der Waals surface area contributed by atoms with Crippen molar-refractivity contribution in [3.05, 3.63) is 44.9 Å². The standard InChI is InChI=1S/C30H39N3O7/c1-13(34)19-26(37)23(32(7)8)18-10-14-9-15-21(25(36)20(14)28(39)30(18,40)27(19)38)24(35)17-12-33(29(2,3)4)11-16(17)22(15)31(5)6/h14,18,23,35,37,39-40H,9-12H2,1-8H3/t14-,18-,23-,30+/m0/s1. The Morgan fingerprint density at radius 2 is 1.60 bits per heavy atom. The molecule has 10 heteroatoms. The van der Waals surface area contributed by atoms with E-state index >= 15 is 0 Å². The molecule has 0 unspecified atom stereocenters. The van der Waals surface area contributed by atoms with Crippen LogP contribution in [0.2, 0.25) is 0 Å². The van der Waals surface area contributed by atoms with Crippen LogP contribution in [0.5, 0.6) is 5.75 Å². The zero-order valence-electron chi connectivity index (χ0n) is 24.4. The van der Waals surface area contributed by atoms with E-state index in [1.165, 1.54) is 0 Å². The third kappa shape index (κ3) is 3.62. The number of anilines is 1. The lowest BCUT2D eigenvalue weighted by molar-refractivity contribution is -0.148. The molecule has 3 aliphatic carbocycles. The van der Waals surface area contributed by atoms with Crippen LogP contribution in [0.15, 0.2) is 22.7 Å². The van der Waals surface area contributed by atoms with Crippen molar-refractivity contribution in [2.24, 2.45) is 11.8 Å². The van der Waals surface area contributed by atoms with Gasteiger partial charge in [0.15, 0.2) is 17.2 Å². The molecule has 0 fully saturated rings. The first kappa shape index (κ1) is 28.3. The van der Waals surface area contributed by atoms with Crippen molar-refractivity contribution in [2.75, 3.05) is 33.1 Å². The van der Waals surface area contributed by atoms with Crippen molar-refractivity contribution < 1.29 is 34.8 Å². The van der Waals surface area contributed by atoms with Gasteiger partial charge in [-0.2, -0.15) is 0 Å². The monoisotopic (exact) mass is 553 g/mol. The molecular weight excluding hydrogens is 514 g/mol. The summed E-state index contributed by atoms with van der Waals surface area (Å²) in [5, 5.41) is 46.0. The fourth-order valence-electron chi connectivity index (χ4n) is 7.37. The summed E-state index contributed by atoms with van der Waals surface area (Å²) in [5.74, 6) is -5.46. The highest BCUT2D eigenvalue weighted by Gasteiger charge is 2.63. The number of nitrogens with zero attached hydrogens (tertiary/aromatic N) is 3. The number of Topliss-reactive ketones (excluding diaryl/α,β-unsaturated/α-hetero) is 3. The lowest BCUT2D eigenvalue weighted by atomic mass is 9.58. The van der Waals surface area contributed by atoms with Crippen LogP contribution in [0, 0.1) is 11.8 Å². The fraction of sp³-hybridized carbons (Fsp3) is 0.567. The summed E-state index contributed by atoms with van der Waals surface area (Å²) in [7, 11) is 7.10. The molecule has 1 aromatic carbocycles. The quantitative estimate of drug-likeness (QED) is 0.412. The predicted molar refractivity (Wildman–Crippen MR) is 148 cm³/mol. The maximum atomic E-state index is 14.2. The molecular formula is C30H39N3O7. The van der Waals surface area contributed by atoms with Gasteiger partial charge in [-0.3, -0.25) is 24.2 Å². The van der Waals surface area contributed by atoms with E-state index in [9.17, 15) is 34.8 Å². The Hall–Kier alpha value is -3.21. The van der Waals surface area contributed by atoms with E-state index in [2.05, 4.69) is 25.7 Å². The van der Waals surface area contributed by atoms with Crippen LogP contribution in [0.25, 0.3) is 0 Å². The van der Waals surface area contributed by atoms with E-state index in [0.717, 1.165) is 18.2 Å². The second-order valence-electron chi connectivity index (χ2n) is 13.1. The highest BCUT2D eigenvalue weighted by molar-refractivity contribution is 6.25. The van der Waals surface area contributed by atoms with Gasteiger partial charge in [-0.1, -0.05) is 0 Å². The number of rotatable bonds is 3. The summed E-state index contributed by atoms with van der Waals surface area (Å²) in [4.78, 5) is 45.9. The van der Waals surface area contributed by atoms with Gasteiger partial charge in [0, 0.05) is 55.5 Å². The summed E-state index contributed by atoms with van der Waals surface area (Å²) in [6.07, 6.45) is 0.388. The molecule has 5 rings (SSSR count). The average molecular weight is 554 g/mol. The van der Waals surface area contributed by atoms with E-state index in [1.54, 1.807) is 19.0 Å². The van der Waals surface area contributed by atoms with Crippen molar-refractivity contribution in [3.63, 3.8) is 0 Å². The molecule has 1 aromatic rings. The predicted octanol–water partition coefficient (Wildman–Crippen LogP) is 2.40. The molecule has 40 heavy (non-hydrogen) atoms. The Morgan fingerprint density at radius 1 is 1.00 bits per heavy atom. The van der Waals surface area contributed by atoms with Crippen molar-refractivity contribution in [3.8, 4) is 5.75 Å². The first-order valence-corrected chi connectivity index (χ1v) is 13.6. The number of aromatic hydroxyl groups is 1. The number of phenolic OH excluding ortho intramolecular Hbond substituents is 1. The van der Waals surface area contributed by atoms with E-state index in [-0.39, 0.29) is 35.3 Å². The van der Waals surface area contributed by atoms with Gasteiger partial charge in [0.1, 0.15) is 22.8 Å². The van der Waals surface area contributed by atoms with Gasteiger partial charge < -0.3 is 25.3 Å². The van der Waals surface area contributed by atoms with E-state index < -0.39 is 57.9 Å².